The molecule has 6 heteroatoms. The molecule has 1 atom stereocenters. The van der Waals surface area contributed by atoms with Crippen molar-refractivity contribution >= 4 is 34.5 Å². The van der Waals surface area contributed by atoms with E-state index >= 15 is 0 Å². The fourth-order valence-corrected chi connectivity index (χ4v) is 3.55. The second-order valence-electron chi connectivity index (χ2n) is 6.47. The van der Waals surface area contributed by atoms with Gasteiger partial charge in [-0.2, -0.15) is 0 Å². The van der Waals surface area contributed by atoms with Gasteiger partial charge in [0.25, 0.3) is 0 Å². The second kappa shape index (κ2) is 7.02. The number of aliphatic hydroxyl groups is 1. The molecule has 4 rings (SSSR count). The highest BCUT2D eigenvalue weighted by molar-refractivity contribution is 6.30. The molecule has 0 fully saturated rings. The van der Waals surface area contributed by atoms with Crippen LogP contribution in [0, 0.1) is 0 Å². The highest BCUT2D eigenvalue weighted by atomic mass is 35.5. The molecule has 0 saturated carbocycles. The number of rotatable bonds is 2. The van der Waals surface area contributed by atoms with E-state index in [0.717, 1.165) is 28.1 Å². The predicted molar refractivity (Wildman–Crippen MR) is 103 cm³/mol. The van der Waals surface area contributed by atoms with Crippen molar-refractivity contribution in [1.29, 1.82) is 0 Å². The van der Waals surface area contributed by atoms with Gasteiger partial charge in [0.1, 0.15) is 5.75 Å². The molecule has 3 N–H and O–H groups in total. The molecule has 0 spiro atoms. The Morgan fingerprint density at radius 1 is 1.35 bits per heavy atom. The zero-order valence-corrected chi connectivity index (χ0v) is 14.8. The van der Waals surface area contributed by atoms with Crippen LogP contribution in [-0.2, 0) is 11.2 Å². The van der Waals surface area contributed by atoms with Crippen molar-refractivity contribution in [3.8, 4) is 5.75 Å². The lowest BCUT2D eigenvalue weighted by Crippen LogP contribution is -2.28. The van der Waals surface area contributed by atoms with E-state index < -0.39 is 6.10 Å². The Labute approximate surface area is 156 Å². The predicted octanol–water partition coefficient (Wildman–Crippen LogP) is 3.47. The highest BCUT2D eigenvalue weighted by Crippen LogP contribution is 2.35. The van der Waals surface area contributed by atoms with Gasteiger partial charge in [-0.1, -0.05) is 17.7 Å². The van der Waals surface area contributed by atoms with E-state index in [1.165, 1.54) is 0 Å². The average molecular weight is 371 g/mol. The molecule has 0 bridgehead atoms. The summed E-state index contributed by atoms with van der Waals surface area (Å²) in [6.07, 6.45) is 2.34. The van der Waals surface area contributed by atoms with Gasteiger partial charge in [0.05, 0.1) is 12.7 Å². The Morgan fingerprint density at radius 2 is 2.23 bits per heavy atom. The van der Waals surface area contributed by atoms with Crippen LogP contribution in [-0.4, -0.2) is 30.3 Å². The number of carbonyl (C=O) groups excluding carboxylic acids is 1. The van der Waals surface area contributed by atoms with Gasteiger partial charge in [0.2, 0.25) is 5.91 Å². The van der Waals surface area contributed by atoms with Crippen molar-refractivity contribution in [2.75, 3.05) is 23.8 Å². The van der Waals surface area contributed by atoms with Gasteiger partial charge in [-0.25, -0.2) is 0 Å². The molecule has 5 nitrogen and oxygen atoms in total. The minimum atomic E-state index is -0.453. The SMILES string of the molecule is O=C(C=C1CCOc2cc(Cl)ccc21)Nc1cccc2c1CC(O)CN2. The zero-order chi connectivity index (χ0) is 18.1. The standard InChI is InChI=1S/C20H19ClN2O3/c21-13-4-5-15-12(6-7-26-19(15)9-13)8-20(25)23-18-3-1-2-17-16(18)10-14(24)11-22-17/h1-5,8-9,14,22,24H,6-7,10-11H2,(H,23,25). The molecule has 134 valence electrons. The summed E-state index contributed by atoms with van der Waals surface area (Å²) in [5.74, 6) is 0.503. The van der Waals surface area contributed by atoms with E-state index in [1.807, 2.05) is 24.3 Å². The number of hydrogen-bond acceptors (Lipinski definition) is 4. The first-order valence-corrected chi connectivity index (χ1v) is 8.96. The molecular formula is C20H19ClN2O3. The summed E-state index contributed by atoms with van der Waals surface area (Å²) in [7, 11) is 0. The first kappa shape index (κ1) is 16.9. The molecule has 0 saturated heterocycles. The van der Waals surface area contributed by atoms with E-state index in [9.17, 15) is 9.90 Å². The summed E-state index contributed by atoms with van der Waals surface area (Å²) in [6, 6.07) is 11.1. The van der Waals surface area contributed by atoms with Gasteiger partial charge < -0.3 is 20.5 Å². The quantitative estimate of drug-likeness (QED) is 0.708. The minimum absolute atomic E-state index is 0.198. The maximum Gasteiger partial charge on any atom is 0.248 e. The largest absolute Gasteiger partial charge is 0.493 e. The van der Waals surface area contributed by atoms with E-state index in [0.29, 0.717) is 36.8 Å². The molecule has 2 aliphatic rings. The van der Waals surface area contributed by atoms with E-state index in [-0.39, 0.29) is 5.91 Å². The highest BCUT2D eigenvalue weighted by Gasteiger charge is 2.20. The lowest BCUT2D eigenvalue weighted by Gasteiger charge is -2.25. The van der Waals surface area contributed by atoms with Gasteiger partial charge in [-0.15, -0.1) is 0 Å². The first-order valence-electron chi connectivity index (χ1n) is 8.58. The molecule has 0 aliphatic carbocycles. The van der Waals surface area contributed by atoms with E-state index in [1.54, 1.807) is 18.2 Å². The van der Waals surface area contributed by atoms with Gasteiger partial charge >= 0.3 is 0 Å². The normalized spacial score (nSPS) is 19.8. The van der Waals surface area contributed by atoms with Gasteiger partial charge in [0.15, 0.2) is 0 Å². The van der Waals surface area contributed by atoms with Gasteiger partial charge in [0, 0.05) is 53.0 Å². The first-order chi connectivity index (χ1) is 12.6. The third-order valence-corrected chi connectivity index (χ3v) is 4.86. The number of nitrogens with one attached hydrogen (secondary N) is 2. The number of benzene rings is 2. The summed E-state index contributed by atoms with van der Waals surface area (Å²) in [5, 5.41) is 16.6. The lowest BCUT2D eigenvalue weighted by atomic mass is 9.98. The van der Waals surface area contributed by atoms with E-state index in [4.69, 9.17) is 16.3 Å². The molecule has 1 amide bonds. The molecule has 2 aliphatic heterocycles. The number of β-amino-alcohol motifs (C(OH)–C–C–N with tert-alkyl or cyclic N) is 1. The smallest absolute Gasteiger partial charge is 0.248 e. The number of amides is 1. The van der Waals surface area contributed by atoms with Crippen LogP contribution in [0.1, 0.15) is 17.5 Å². The van der Waals surface area contributed by atoms with Gasteiger partial charge in [-0.05, 0) is 35.9 Å². The summed E-state index contributed by atoms with van der Waals surface area (Å²) >= 11 is 6.01. The molecule has 2 heterocycles. The maximum atomic E-state index is 12.6. The van der Waals surface area contributed by atoms with Crippen LogP contribution in [0.4, 0.5) is 11.4 Å². The summed E-state index contributed by atoms with van der Waals surface area (Å²) in [5.41, 5.74) is 4.41. The van der Waals surface area contributed by atoms with Crippen LogP contribution < -0.4 is 15.4 Å². The number of halogens is 1. The van der Waals surface area contributed by atoms with Crippen LogP contribution in [0.3, 0.4) is 0 Å². The summed E-state index contributed by atoms with van der Waals surface area (Å²) < 4.78 is 5.63. The third-order valence-electron chi connectivity index (χ3n) is 4.63. The average Bonchev–Trinajstić information content (AvgIpc) is 2.62. The third kappa shape index (κ3) is 3.41. The Kier molecular flexibility index (Phi) is 4.57. The molecule has 0 aromatic heterocycles. The van der Waals surface area contributed by atoms with E-state index in [2.05, 4.69) is 10.6 Å². The zero-order valence-electron chi connectivity index (χ0n) is 14.1. The van der Waals surface area contributed by atoms with Crippen molar-refractivity contribution in [1.82, 2.24) is 0 Å². The Balaban J connectivity index is 1.58. The monoisotopic (exact) mass is 370 g/mol. The number of carbonyl (C=O) groups is 1. The number of hydrogen-bond donors (Lipinski definition) is 3. The molecular weight excluding hydrogens is 352 g/mol. The van der Waals surface area contributed by atoms with Crippen molar-refractivity contribution in [3.05, 3.63) is 58.6 Å². The Bertz CT molecular complexity index is 895. The van der Waals surface area contributed by atoms with Crippen LogP contribution in [0.5, 0.6) is 5.75 Å². The molecule has 0 radical (unpaired) electrons. The van der Waals surface area contributed by atoms with Crippen LogP contribution >= 0.6 is 11.6 Å². The Hall–Kier alpha value is -2.50. The lowest BCUT2D eigenvalue weighted by molar-refractivity contribution is -0.111. The molecule has 2 aromatic rings. The molecule has 26 heavy (non-hydrogen) atoms. The maximum absolute atomic E-state index is 12.6. The van der Waals surface area contributed by atoms with Gasteiger partial charge in [-0.3, -0.25) is 4.79 Å². The van der Waals surface area contributed by atoms with Crippen molar-refractivity contribution in [2.24, 2.45) is 0 Å². The van der Waals surface area contributed by atoms with Crippen molar-refractivity contribution in [2.45, 2.75) is 18.9 Å². The van der Waals surface area contributed by atoms with Crippen LogP contribution in [0.15, 0.2) is 42.5 Å². The van der Waals surface area contributed by atoms with Crippen LogP contribution in [0.2, 0.25) is 5.02 Å². The minimum Gasteiger partial charge on any atom is -0.493 e. The van der Waals surface area contributed by atoms with Crippen molar-refractivity contribution < 1.29 is 14.6 Å². The second-order valence-corrected chi connectivity index (χ2v) is 6.90. The number of anilines is 2. The fraction of sp³-hybridized carbons (Fsp3) is 0.250. The summed E-state index contributed by atoms with van der Waals surface area (Å²) in [4.78, 5) is 12.6. The Morgan fingerprint density at radius 3 is 3.12 bits per heavy atom. The molecule has 2 aromatic carbocycles. The topological polar surface area (TPSA) is 70.6 Å². The van der Waals surface area contributed by atoms with Crippen molar-refractivity contribution in [3.63, 3.8) is 0 Å². The van der Waals surface area contributed by atoms with Crippen LogP contribution in [0.25, 0.3) is 5.57 Å². The fourth-order valence-electron chi connectivity index (χ4n) is 3.39. The number of ether oxygens (including phenoxy) is 1. The number of fused-ring (bicyclic) bond motifs is 2. The number of aliphatic hydroxyl groups excluding tert-OH is 1. The molecule has 1 unspecified atom stereocenters. The summed E-state index contributed by atoms with van der Waals surface area (Å²) in [6.45, 7) is 1.04.